The van der Waals surface area contributed by atoms with Crippen molar-refractivity contribution in [3.63, 3.8) is 0 Å². The van der Waals surface area contributed by atoms with E-state index in [1.54, 1.807) is 37.5 Å². The van der Waals surface area contributed by atoms with Gasteiger partial charge in [0.25, 0.3) is 5.91 Å². The molecule has 1 aliphatic heterocycles. The van der Waals surface area contributed by atoms with E-state index in [4.69, 9.17) is 4.74 Å². The van der Waals surface area contributed by atoms with Gasteiger partial charge in [0.05, 0.1) is 7.11 Å². The number of hydrogen-bond donors (Lipinski definition) is 0. The zero-order chi connectivity index (χ0) is 21.2. The van der Waals surface area contributed by atoms with E-state index >= 15 is 0 Å². The number of benzene rings is 1. The molecule has 1 amide bonds. The lowest BCUT2D eigenvalue weighted by Crippen LogP contribution is -2.30. The van der Waals surface area contributed by atoms with Gasteiger partial charge in [0.1, 0.15) is 16.3 Å². The quantitative estimate of drug-likeness (QED) is 0.692. The molecule has 0 saturated carbocycles. The number of aromatic nitrogens is 1. The Morgan fingerprint density at radius 3 is 2.45 bits per heavy atom. The molecule has 0 spiro atoms. The van der Waals surface area contributed by atoms with Crippen LogP contribution in [-0.4, -0.2) is 61.4 Å². The molecule has 2 heterocycles. The number of nitrogens with zero attached hydrogens (tertiary/aromatic N) is 3. The Balaban J connectivity index is 1.76. The third-order valence-electron chi connectivity index (χ3n) is 5.60. The summed E-state index contributed by atoms with van der Waals surface area (Å²) in [5.74, 6) is 0.943. The van der Waals surface area contributed by atoms with Gasteiger partial charge >= 0.3 is 0 Å². The van der Waals surface area contributed by atoms with Gasteiger partial charge in [-0.2, -0.15) is 4.31 Å². The third kappa shape index (κ3) is 4.18. The molecule has 1 saturated heterocycles. The molecule has 1 fully saturated rings. The molecular weight excluding hydrogens is 390 g/mol. The largest absolute Gasteiger partial charge is 0.497 e. The van der Waals surface area contributed by atoms with Crippen molar-refractivity contribution in [3.05, 3.63) is 47.8 Å². The molecule has 0 N–H and O–H groups in total. The number of hydrogen-bond acceptors (Lipinski definition) is 4. The molecule has 1 aromatic carbocycles. The Morgan fingerprint density at radius 2 is 1.86 bits per heavy atom. The standard InChI is InChI=1S/C21H29N3O4S/c1-5-24(6-2)29(26,27)19-13-20(22(3)15-19)21(25)23-12-11-17(14-23)16-7-9-18(28-4)10-8-16/h7-10,13,15,17H,5-6,11-12,14H2,1-4H3. The predicted molar refractivity (Wildman–Crippen MR) is 112 cm³/mol. The van der Waals surface area contributed by atoms with Crippen LogP contribution in [0.4, 0.5) is 0 Å². The molecule has 2 aromatic rings. The van der Waals surface area contributed by atoms with Gasteiger partial charge in [0, 0.05) is 45.3 Å². The van der Waals surface area contributed by atoms with Crippen molar-refractivity contribution in [3.8, 4) is 5.75 Å². The van der Waals surface area contributed by atoms with E-state index < -0.39 is 10.0 Å². The minimum Gasteiger partial charge on any atom is -0.497 e. The summed E-state index contributed by atoms with van der Waals surface area (Å²) in [5.41, 5.74) is 1.57. The number of carbonyl (C=O) groups is 1. The fourth-order valence-corrected chi connectivity index (χ4v) is 5.39. The number of likely N-dealkylation sites (tertiary alicyclic amines) is 1. The van der Waals surface area contributed by atoms with Gasteiger partial charge in [-0.25, -0.2) is 8.42 Å². The maximum Gasteiger partial charge on any atom is 0.270 e. The first-order chi connectivity index (χ1) is 13.8. The first-order valence-corrected chi connectivity index (χ1v) is 11.4. The Hall–Kier alpha value is -2.32. The number of aryl methyl sites for hydroxylation is 1. The highest BCUT2D eigenvalue weighted by Crippen LogP contribution is 2.30. The van der Waals surface area contributed by atoms with Gasteiger partial charge in [0.15, 0.2) is 0 Å². The molecule has 8 heteroatoms. The van der Waals surface area contributed by atoms with Crippen LogP contribution >= 0.6 is 0 Å². The highest BCUT2D eigenvalue weighted by atomic mass is 32.2. The number of sulfonamides is 1. The Kier molecular flexibility index (Phi) is 6.33. The molecule has 0 bridgehead atoms. The lowest BCUT2D eigenvalue weighted by atomic mass is 9.98. The normalized spacial score (nSPS) is 17.1. The van der Waals surface area contributed by atoms with Crippen LogP contribution in [0.1, 0.15) is 42.2 Å². The predicted octanol–water partition coefficient (Wildman–Crippen LogP) is 2.69. The first kappa shape index (κ1) is 21.4. The molecule has 3 rings (SSSR count). The number of carbonyl (C=O) groups excluding carboxylic acids is 1. The van der Waals surface area contributed by atoms with Crippen molar-refractivity contribution in [1.29, 1.82) is 0 Å². The zero-order valence-electron chi connectivity index (χ0n) is 17.5. The van der Waals surface area contributed by atoms with Gasteiger partial charge in [-0.15, -0.1) is 0 Å². The number of rotatable bonds is 7. The smallest absolute Gasteiger partial charge is 0.270 e. The average Bonchev–Trinajstić information content (AvgIpc) is 3.36. The number of methoxy groups -OCH3 is 1. The SMILES string of the molecule is CCN(CC)S(=O)(=O)c1cc(C(=O)N2CCC(c3ccc(OC)cc3)C2)n(C)c1. The minimum atomic E-state index is -3.59. The maximum absolute atomic E-state index is 13.1. The van der Waals surface area contributed by atoms with Crippen LogP contribution < -0.4 is 4.74 Å². The number of amides is 1. The molecule has 158 valence electrons. The molecular formula is C21H29N3O4S. The van der Waals surface area contributed by atoms with Crippen molar-refractivity contribution in [2.75, 3.05) is 33.3 Å². The lowest BCUT2D eigenvalue weighted by Gasteiger charge is -2.17. The van der Waals surface area contributed by atoms with Crippen molar-refractivity contribution in [1.82, 2.24) is 13.8 Å². The second-order valence-corrected chi connectivity index (χ2v) is 9.21. The Bertz CT molecular complexity index is 962. The maximum atomic E-state index is 13.1. The van der Waals surface area contributed by atoms with Gasteiger partial charge < -0.3 is 14.2 Å². The topological polar surface area (TPSA) is 71.8 Å². The zero-order valence-corrected chi connectivity index (χ0v) is 18.3. The fraction of sp³-hybridized carbons (Fsp3) is 0.476. The molecule has 29 heavy (non-hydrogen) atoms. The molecule has 7 nitrogen and oxygen atoms in total. The van der Waals surface area contributed by atoms with Crippen molar-refractivity contribution < 1.29 is 17.9 Å². The second-order valence-electron chi connectivity index (χ2n) is 7.27. The first-order valence-electron chi connectivity index (χ1n) is 9.91. The summed E-state index contributed by atoms with van der Waals surface area (Å²) < 4.78 is 33.8. The van der Waals surface area contributed by atoms with Crippen LogP contribution in [-0.2, 0) is 17.1 Å². The molecule has 1 aromatic heterocycles. The van der Waals surface area contributed by atoms with E-state index in [9.17, 15) is 13.2 Å². The van der Waals surface area contributed by atoms with E-state index in [-0.39, 0.29) is 16.7 Å². The van der Waals surface area contributed by atoms with E-state index in [1.807, 2.05) is 24.3 Å². The van der Waals surface area contributed by atoms with E-state index in [1.165, 1.54) is 22.1 Å². The second kappa shape index (κ2) is 8.59. The van der Waals surface area contributed by atoms with Crippen LogP contribution in [0.25, 0.3) is 0 Å². The van der Waals surface area contributed by atoms with Gasteiger partial charge in [0.2, 0.25) is 10.0 Å². The van der Waals surface area contributed by atoms with Crippen LogP contribution in [0.5, 0.6) is 5.75 Å². The van der Waals surface area contributed by atoms with Crippen molar-refractivity contribution >= 4 is 15.9 Å². The summed E-state index contributed by atoms with van der Waals surface area (Å²) in [6, 6.07) is 9.43. The summed E-state index contributed by atoms with van der Waals surface area (Å²) in [5, 5.41) is 0. The lowest BCUT2D eigenvalue weighted by molar-refractivity contribution is 0.0781. The van der Waals surface area contributed by atoms with Crippen molar-refractivity contribution in [2.24, 2.45) is 7.05 Å². The Labute approximate surface area is 172 Å². The van der Waals surface area contributed by atoms with E-state index in [0.29, 0.717) is 31.9 Å². The van der Waals surface area contributed by atoms with Gasteiger partial charge in [-0.05, 0) is 30.2 Å². The highest BCUT2D eigenvalue weighted by molar-refractivity contribution is 7.89. The summed E-state index contributed by atoms with van der Waals surface area (Å²) in [4.78, 5) is 15.0. The van der Waals surface area contributed by atoms with Gasteiger partial charge in [-0.1, -0.05) is 26.0 Å². The summed E-state index contributed by atoms with van der Waals surface area (Å²) in [7, 11) is -0.238. The van der Waals surface area contributed by atoms with Crippen LogP contribution in [0.3, 0.4) is 0 Å². The summed E-state index contributed by atoms with van der Waals surface area (Å²) >= 11 is 0. The summed E-state index contributed by atoms with van der Waals surface area (Å²) in [6.07, 6.45) is 2.41. The molecule has 1 atom stereocenters. The third-order valence-corrected chi connectivity index (χ3v) is 7.62. The minimum absolute atomic E-state index is 0.135. The van der Waals surface area contributed by atoms with Crippen molar-refractivity contribution in [2.45, 2.75) is 31.1 Å². The molecule has 1 aliphatic rings. The van der Waals surface area contributed by atoms with E-state index in [2.05, 4.69) is 0 Å². The fourth-order valence-electron chi connectivity index (χ4n) is 3.86. The monoisotopic (exact) mass is 419 g/mol. The number of ether oxygens (including phenoxy) is 1. The molecule has 1 unspecified atom stereocenters. The average molecular weight is 420 g/mol. The Morgan fingerprint density at radius 1 is 1.21 bits per heavy atom. The molecule has 0 radical (unpaired) electrons. The van der Waals surface area contributed by atoms with E-state index in [0.717, 1.165) is 12.2 Å². The highest BCUT2D eigenvalue weighted by Gasteiger charge is 2.31. The van der Waals surface area contributed by atoms with Crippen LogP contribution in [0, 0.1) is 0 Å². The summed E-state index contributed by atoms with van der Waals surface area (Å²) in [6.45, 7) is 5.67. The van der Waals surface area contributed by atoms with Gasteiger partial charge in [-0.3, -0.25) is 4.79 Å². The molecule has 0 aliphatic carbocycles. The van der Waals surface area contributed by atoms with Crippen LogP contribution in [0.2, 0.25) is 0 Å². The van der Waals surface area contributed by atoms with Crippen LogP contribution in [0.15, 0.2) is 41.4 Å².